The van der Waals surface area contributed by atoms with Gasteiger partial charge in [0.15, 0.2) is 17.5 Å². The molecule has 0 saturated carbocycles. The van der Waals surface area contributed by atoms with Crippen LogP contribution in [0.2, 0.25) is 5.02 Å². The number of ether oxygens (including phenoxy) is 3. The predicted octanol–water partition coefficient (Wildman–Crippen LogP) is 4.28. The topological polar surface area (TPSA) is 64.1 Å². The van der Waals surface area contributed by atoms with Crippen LogP contribution in [-0.4, -0.2) is 40.4 Å². The number of halogens is 2. The third-order valence-corrected chi connectivity index (χ3v) is 4.37. The number of guanidine groups is 1. The van der Waals surface area contributed by atoms with Gasteiger partial charge < -0.3 is 24.8 Å². The van der Waals surface area contributed by atoms with Crippen molar-refractivity contribution in [1.82, 2.24) is 10.6 Å². The zero-order valence-electron chi connectivity index (χ0n) is 17.3. The zero-order valence-corrected chi connectivity index (χ0v) is 20.3. The Hall–Kier alpha value is -1.87. The van der Waals surface area contributed by atoms with Crippen molar-refractivity contribution in [2.24, 2.45) is 4.99 Å². The molecule has 8 heteroatoms. The van der Waals surface area contributed by atoms with Crippen molar-refractivity contribution < 1.29 is 14.2 Å². The summed E-state index contributed by atoms with van der Waals surface area (Å²) in [5.41, 5.74) is 2.09. The molecule has 0 aromatic heterocycles. The van der Waals surface area contributed by atoms with E-state index in [1.807, 2.05) is 37.3 Å². The van der Waals surface area contributed by atoms with Crippen LogP contribution in [0.3, 0.4) is 0 Å². The van der Waals surface area contributed by atoms with E-state index in [0.717, 1.165) is 36.1 Å². The first kappa shape index (κ1) is 25.2. The Balaban J connectivity index is 0.00000420. The normalized spacial score (nSPS) is 10.7. The first-order chi connectivity index (χ1) is 13.6. The molecule has 0 fully saturated rings. The fourth-order valence-electron chi connectivity index (χ4n) is 2.81. The second-order valence-corrected chi connectivity index (χ2v) is 6.43. The standard InChI is InChI=1S/C21H28ClN3O3.HI/c1-5-23-21(24-12-11-15-7-6-8-17(22)13-15)25-14-16-9-10-18(26-2)20(28-4)19(16)27-3;/h6-10,13H,5,11-12,14H2,1-4H3,(H2,23,24,25);1H. The van der Waals surface area contributed by atoms with Crippen LogP contribution in [0.5, 0.6) is 17.2 Å². The fraction of sp³-hybridized carbons (Fsp3) is 0.381. The number of hydrogen-bond donors (Lipinski definition) is 2. The smallest absolute Gasteiger partial charge is 0.203 e. The number of benzene rings is 2. The van der Waals surface area contributed by atoms with Gasteiger partial charge >= 0.3 is 0 Å². The number of hydrogen-bond acceptors (Lipinski definition) is 4. The third-order valence-electron chi connectivity index (χ3n) is 4.13. The first-order valence-corrected chi connectivity index (χ1v) is 9.55. The molecule has 29 heavy (non-hydrogen) atoms. The highest BCUT2D eigenvalue weighted by Crippen LogP contribution is 2.39. The van der Waals surface area contributed by atoms with Gasteiger partial charge in [0.05, 0.1) is 27.9 Å². The van der Waals surface area contributed by atoms with Crippen molar-refractivity contribution in [1.29, 1.82) is 0 Å². The third kappa shape index (κ3) is 7.47. The summed E-state index contributed by atoms with van der Waals surface area (Å²) < 4.78 is 16.3. The molecule has 0 unspecified atom stereocenters. The number of aliphatic imine (C=N–C) groups is 1. The second-order valence-electron chi connectivity index (χ2n) is 6.00. The predicted molar refractivity (Wildman–Crippen MR) is 129 cm³/mol. The summed E-state index contributed by atoms with van der Waals surface area (Å²) in [7, 11) is 4.80. The quantitative estimate of drug-likeness (QED) is 0.286. The molecule has 2 aromatic carbocycles. The largest absolute Gasteiger partial charge is 0.493 e. The van der Waals surface area contributed by atoms with E-state index in [0.29, 0.717) is 23.8 Å². The number of methoxy groups -OCH3 is 3. The van der Waals surface area contributed by atoms with E-state index in [1.54, 1.807) is 21.3 Å². The van der Waals surface area contributed by atoms with Gasteiger partial charge in [0.1, 0.15) is 0 Å². The molecule has 0 atom stereocenters. The molecule has 0 aliphatic carbocycles. The monoisotopic (exact) mass is 533 g/mol. The average Bonchev–Trinajstić information content (AvgIpc) is 2.71. The lowest BCUT2D eigenvalue weighted by atomic mass is 10.1. The lowest BCUT2D eigenvalue weighted by Gasteiger charge is -2.16. The molecule has 0 heterocycles. The van der Waals surface area contributed by atoms with Crippen LogP contribution in [0.25, 0.3) is 0 Å². The summed E-state index contributed by atoms with van der Waals surface area (Å²) in [4.78, 5) is 4.66. The Labute approximate surface area is 195 Å². The lowest BCUT2D eigenvalue weighted by Crippen LogP contribution is -2.38. The highest BCUT2D eigenvalue weighted by atomic mass is 127. The van der Waals surface area contributed by atoms with Gasteiger partial charge in [-0.1, -0.05) is 23.7 Å². The maximum atomic E-state index is 6.04. The van der Waals surface area contributed by atoms with Crippen LogP contribution in [0.4, 0.5) is 0 Å². The van der Waals surface area contributed by atoms with E-state index in [9.17, 15) is 0 Å². The van der Waals surface area contributed by atoms with Gasteiger partial charge in [-0.25, -0.2) is 4.99 Å². The molecular weight excluding hydrogens is 505 g/mol. The molecular formula is C21H29ClIN3O3. The van der Waals surface area contributed by atoms with Gasteiger partial charge in [-0.3, -0.25) is 0 Å². The van der Waals surface area contributed by atoms with Gasteiger partial charge in [0.25, 0.3) is 0 Å². The Morgan fingerprint density at radius 3 is 2.38 bits per heavy atom. The SMILES string of the molecule is CCNC(=NCc1ccc(OC)c(OC)c1OC)NCCc1cccc(Cl)c1.I. The first-order valence-electron chi connectivity index (χ1n) is 9.17. The molecule has 0 amide bonds. The van der Waals surface area contributed by atoms with Gasteiger partial charge in [-0.2, -0.15) is 0 Å². The summed E-state index contributed by atoms with van der Waals surface area (Å²) in [5, 5.41) is 7.35. The van der Waals surface area contributed by atoms with Gasteiger partial charge in [-0.05, 0) is 43.2 Å². The Morgan fingerprint density at radius 2 is 1.76 bits per heavy atom. The molecule has 0 saturated heterocycles. The average molecular weight is 534 g/mol. The van der Waals surface area contributed by atoms with E-state index in [1.165, 1.54) is 5.56 Å². The molecule has 160 valence electrons. The molecule has 2 N–H and O–H groups in total. The van der Waals surface area contributed by atoms with Crippen molar-refractivity contribution in [2.75, 3.05) is 34.4 Å². The van der Waals surface area contributed by atoms with Crippen LogP contribution < -0.4 is 24.8 Å². The van der Waals surface area contributed by atoms with Crippen molar-refractivity contribution in [3.05, 3.63) is 52.5 Å². The van der Waals surface area contributed by atoms with E-state index >= 15 is 0 Å². The highest BCUT2D eigenvalue weighted by molar-refractivity contribution is 14.0. The lowest BCUT2D eigenvalue weighted by molar-refractivity contribution is 0.322. The Morgan fingerprint density at radius 1 is 1.00 bits per heavy atom. The molecule has 0 bridgehead atoms. The zero-order chi connectivity index (χ0) is 20.4. The molecule has 0 radical (unpaired) electrons. The Kier molecular flexibility index (Phi) is 11.6. The minimum Gasteiger partial charge on any atom is -0.493 e. The van der Waals surface area contributed by atoms with Crippen LogP contribution >= 0.6 is 35.6 Å². The van der Waals surface area contributed by atoms with Crippen LogP contribution in [0, 0.1) is 0 Å². The summed E-state index contributed by atoms with van der Waals surface area (Å²) in [6, 6.07) is 11.7. The van der Waals surface area contributed by atoms with Gasteiger partial charge in [0.2, 0.25) is 5.75 Å². The summed E-state index contributed by atoms with van der Waals surface area (Å²) >= 11 is 6.04. The molecule has 2 aromatic rings. The molecule has 6 nitrogen and oxygen atoms in total. The Bertz CT molecular complexity index is 803. The molecule has 0 aliphatic heterocycles. The summed E-state index contributed by atoms with van der Waals surface area (Å²) in [6.07, 6.45) is 0.852. The van der Waals surface area contributed by atoms with Crippen molar-refractivity contribution in [2.45, 2.75) is 19.9 Å². The van der Waals surface area contributed by atoms with Crippen LogP contribution in [-0.2, 0) is 13.0 Å². The van der Waals surface area contributed by atoms with Crippen molar-refractivity contribution >= 4 is 41.5 Å². The highest BCUT2D eigenvalue weighted by Gasteiger charge is 2.15. The minimum absolute atomic E-state index is 0. The summed E-state index contributed by atoms with van der Waals surface area (Å²) in [5.74, 6) is 2.55. The number of nitrogens with zero attached hydrogens (tertiary/aromatic N) is 1. The van der Waals surface area contributed by atoms with E-state index in [-0.39, 0.29) is 24.0 Å². The second kappa shape index (κ2) is 13.4. The number of nitrogens with one attached hydrogen (secondary N) is 2. The fourth-order valence-corrected chi connectivity index (χ4v) is 3.02. The number of rotatable bonds is 9. The summed E-state index contributed by atoms with van der Waals surface area (Å²) in [6.45, 7) is 3.99. The molecule has 0 spiro atoms. The minimum atomic E-state index is 0. The van der Waals surface area contributed by atoms with Gasteiger partial charge in [-0.15, -0.1) is 24.0 Å². The van der Waals surface area contributed by atoms with E-state index < -0.39 is 0 Å². The van der Waals surface area contributed by atoms with Crippen molar-refractivity contribution in [3.63, 3.8) is 0 Å². The van der Waals surface area contributed by atoms with Gasteiger partial charge in [0, 0.05) is 23.7 Å². The molecule has 0 aliphatic rings. The van der Waals surface area contributed by atoms with Crippen molar-refractivity contribution in [3.8, 4) is 17.2 Å². The molecule has 2 rings (SSSR count). The maximum Gasteiger partial charge on any atom is 0.203 e. The van der Waals surface area contributed by atoms with E-state index in [2.05, 4.69) is 21.7 Å². The van der Waals surface area contributed by atoms with Crippen LogP contribution in [0.1, 0.15) is 18.1 Å². The van der Waals surface area contributed by atoms with E-state index in [4.69, 9.17) is 25.8 Å². The van der Waals surface area contributed by atoms with Crippen LogP contribution in [0.15, 0.2) is 41.4 Å². The maximum absolute atomic E-state index is 6.04.